The molecule has 2 nitrogen and oxygen atoms in total. The Bertz CT molecular complexity index is 187. The van der Waals surface area contributed by atoms with Gasteiger partial charge in [-0.3, -0.25) is 0 Å². The van der Waals surface area contributed by atoms with Gasteiger partial charge in [-0.05, 0) is 57.7 Å². The molecule has 0 amide bonds. The molecule has 0 aromatic heterocycles. The number of hydrogen-bond donors (Lipinski definition) is 1. The normalized spacial score (nSPS) is 35.8. The SMILES string of the molecule is CC1CC1CN(C)CCC1CCCCN1. The van der Waals surface area contributed by atoms with Gasteiger partial charge in [-0.25, -0.2) is 0 Å². The van der Waals surface area contributed by atoms with Crippen molar-refractivity contribution < 1.29 is 0 Å². The lowest BCUT2D eigenvalue weighted by Gasteiger charge is -2.26. The highest BCUT2D eigenvalue weighted by atomic mass is 15.1. The molecular weight excluding hydrogens is 184 g/mol. The first kappa shape index (κ1) is 11.4. The van der Waals surface area contributed by atoms with Gasteiger partial charge in [0.15, 0.2) is 0 Å². The van der Waals surface area contributed by atoms with Gasteiger partial charge in [0.25, 0.3) is 0 Å². The lowest BCUT2D eigenvalue weighted by Crippen LogP contribution is -2.37. The molecule has 88 valence electrons. The predicted octanol–water partition coefficient (Wildman–Crippen LogP) is 2.11. The maximum Gasteiger partial charge on any atom is 0.00792 e. The minimum absolute atomic E-state index is 0.804. The lowest BCUT2D eigenvalue weighted by molar-refractivity contribution is 0.276. The Hall–Kier alpha value is -0.0800. The highest BCUT2D eigenvalue weighted by Gasteiger charge is 2.32. The quantitative estimate of drug-likeness (QED) is 0.747. The van der Waals surface area contributed by atoms with Gasteiger partial charge in [0.05, 0.1) is 0 Å². The first-order valence-corrected chi connectivity index (χ1v) is 6.67. The summed E-state index contributed by atoms with van der Waals surface area (Å²) < 4.78 is 0. The molecule has 3 unspecified atom stereocenters. The highest BCUT2D eigenvalue weighted by molar-refractivity contribution is 4.84. The monoisotopic (exact) mass is 210 g/mol. The van der Waals surface area contributed by atoms with Crippen LogP contribution in [0.3, 0.4) is 0 Å². The van der Waals surface area contributed by atoms with Gasteiger partial charge < -0.3 is 10.2 Å². The van der Waals surface area contributed by atoms with Crippen molar-refractivity contribution in [1.29, 1.82) is 0 Å². The molecule has 1 aliphatic carbocycles. The molecule has 1 heterocycles. The van der Waals surface area contributed by atoms with Gasteiger partial charge in [-0.2, -0.15) is 0 Å². The van der Waals surface area contributed by atoms with Crippen molar-refractivity contribution >= 4 is 0 Å². The molecule has 15 heavy (non-hydrogen) atoms. The van der Waals surface area contributed by atoms with Crippen molar-refractivity contribution in [3.05, 3.63) is 0 Å². The molecule has 1 saturated heterocycles. The van der Waals surface area contributed by atoms with Gasteiger partial charge in [0.1, 0.15) is 0 Å². The summed E-state index contributed by atoms with van der Waals surface area (Å²) in [7, 11) is 2.29. The second kappa shape index (κ2) is 5.31. The maximum absolute atomic E-state index is 3.63. The molecule has 1 saturated carbocycles. The van der Waals surface area contributed by atoms with E-state index in [0.717, 1.165) is 17.9 Å². The predicted molar refractivity (Wildman–Crippen MR) is 65.0 cm³/mol. The van der Waals surface area contributed by atoms with Crippen LogP contribution in [0.2, 0.25) is 0 Å². The van der Waals surface area contributed by atoms with Gasteiger partial charge in [-0.1, -0.05) is 13.3 Å². The smallest absolute Gasteiger partial charge is 0.00792 e. The molecule has 0 bridgehead atoms. The third-order valence-corrected chi connectivity index (χ3v) is 4.09. The topological polar surface area (TPSA) is 15.3 Å². The average molecular weight is 210 g/mol. The van der Waals surface area contributed by atoms with Crippen LogP contribution in [-0.4, -0.2) is 37.6 Å². The third kappa shape index (κ3) is 3.76. The van der Waals surface area contributed by atoms with Gasteiger partial charge in [-0.15, -0.1) is 0 Å². The van der Waals surface area contributed by atoms with E-state index in [1.165, 1.54) is 51.7 Å². The van der Waals surface area contributed by atoms with E-state index in [-0.39, 0.29) is 0 Å². The van der Waals surface area contributed by atoms with Crippen LogP contribution in [0.4, 0.5) is 0 Å². The van der Waals surface area contributed by atoms with Crippen LogP contribution in [0.25, 0.3) is 0 Å². The molecule has 2 rings (SSSR count). The summed E-state index contributed by atoms with van der Waals surface area (Å²) >= 11 is 0. The number of piperidine rings is 1. The van der Waals surface area contributed by atoms with Crippen molar-refractivity contribution in [3.8, 4) is 0 Å². The van der Waals surface area contributed by atoms with Crippen molar-refractivity contribution in [1.82, 2.24) is 10.2 Å². The zero-order chi connectivity index (χ0) is 10.7. The van der Waals surface area contributed by atoms with E-state index in [2.05, 4.69) is 24.2 Å². The fourth-order valence-electron chi connectivity index (χ4n) is 2.69. The van der Waals surface area contributed by atoms with Gasteiger partial charge in [0, 0.05) is 12.6 Å². The van der Waals surface area contributed by atoms with Crippen molar-refractivity contribution in [2.75, 3.05) is 26.7 Å². The fraction of sp³-hybridized carbons (Fsp3) is 1.00. The minimum atomic E-state index is 0.804. The first-order chi connectivity index (χ1) is 7.25. The summed E-state index contributed by atoms with van der Waals surface area (Å²) in [6, 6.07) is 0.804. The molecule has 2 fully saturated rings. The van der Waals surface area contributed by atoms with E-state index < -0.39 is 0 Å². The van der Waals surface area contributed by atoms with E-state index >= 15 is 0 Å². The third-order valence-electron chi connectivity index (χ3n) is 4.09. The second-order valence-corrected chi connectivity index (χ2v) is 5.67. The Morgan fingerprint density at radius 2 is 2.13 bits per heavy atom. The maximum atomic E-state index is 3.63. The summed E-state index contributed by atoms with van der Waals surface area (Å²) in [6.45, 7) is 6.23. The Morgan fingerprint density at radius 3 is 2.73 bits per heavy atom. The van der Waals surface area contributed by atoms with Crippen LogP contribution < -0.4 is 5.32 Å². The number of nitrogens with zero attached hydrogens (tertiary/aromatic N) is 1. The zero-order valence-corrected chi connectivity index (χ0v) is 10.3. The Kier molecular flexibility index (Phi) is 4.04. The molecule has 1 aliphatic heterocycles. The molecule has 1 N–H and O–H groups in total. The number of rotatable bonds is 5. The fourth-order valence-corrected chi connectivity index (χ4v) is 2.69. The molecular formula is C13H26N2. The molecule has 0 aromatic rings. The summed E-state index contributed by atoms with van der Waals surface area (Å²) in [4.78, 5) is 2.53. The molecule has 2 heteroatoms. The Morgan fingerprint density at radius 1 is 1.33 bits per heavy atom. The van der Waals surface area contributed by atoms with Crippen LogP contribution in [0, 0.1) is 11.8 Å². The molecule has 3 atom stereocenters. The molecule has 2 aliphatic rings. The molecule has 0 radical (unpaired) electrons. The molecule has 0 aromatic carbocycles. The minimum Gasteiger partial charge on any atom is -0.314 e. The average Bonchev–Trinajstić information content (AvgIpc) is 2.93. The van der Waals surface area contributed by atoms with Crippen molar-refractivity contribution in [3.63, 3.8) is 0 Å². The summed E-state index contributed by atoms with van der Waals surface area (Å²) in [6.07, 6.45) is 7.02. The van der Waals surface area contributed by atoms with Gasteiger partial charge in [0.2, 0.25) is 0 Å². The van der Waals surface area contributed by atoms with Crippen LogP contribution in [-0.2, 0) is 0 Å². The standard InChI is InChI=1S/C13H26N2/c1-11-9-12(11)10-15(2)8-6-13-5-3-4-7-14-13/h11-14H,3-10H2,1-2H3. The van der Waals surface area contributed by atoms with E-state index in [1.54, 1.807) is 0 Å². The van der Waals surface area contributed by atoms with Crippen molar-refractivity contribution in [2.24, 2.45) is 11.8 Å². The first-order valence-electron chi connectivity index (χ1n) is 6.67. The Labute approximate surface area is 94.4 Å². The number of hydrogen-bond acceptors (Lipinski definition) is 2. The summed E-state index contributed by atoms with van der Waals surface area (Å²) in [5.41, 5.74) is 0. The largest absolute Gasteiger partial charge is 0.314 e. The lowest BCUT2D eigenvalue weighted by atomic mass is 10.0. The van der Waals surface area contributed by atoms with E-state index in [4.69, 9.17) is 0 Å². The van der Waals surface area contributed by atoms with Gasteiger partial charge >= 0.3 is 0 Å². The summed E-state index contributed by atoms with van der Waals surface area (Å²) in [5, 5.41) is 3.63. The second-order valence-electron chi connectivity index (χ2n) is 5.67. The van der Waals surface area contributed by atoms with Crippen LogP contribution in [0.1, 0.15) is 39.0 Å². The van der Waals surface area contributed by atoms with Crippen LogP contribution in [0.15, 0.2) is 0 Å². The van der Waals surface area contributed by atoms with E-state index in [9.17, 15) is 0 Å². The zero-order valence-electron chi connectivity index (χ0n) is 10.3. The van der Waals surface area contributed by atoms with E-state index in [1.807, 2.05) is 0 Å². The number of nitrogens with one attached hydrogen (secondary N) is 1. The molecule has 0 spiro atoms. The summed E-state index contributed by atoms with van der Waals surface area (Å²) in [5.74, 6) is 2.01. The van der Waals surface area contributed by atoms with Crippen LogP contribution in [0.5, 0.6) is 0 Å². The highest BCUT2D eigenvalue weighted by Crippen LogP contribution is 2.37. The van der Waals surface area contributed by atoms with E-state index in [0.29, 0.717) is 0 Å². The van der Waals surface area contributed by atoms with Crippen LogP contribution >= 0.6 is 0 Å². The Balaban J connectivity index is 1.55. The van der Waals surface area contributed by atoms with Crippen molar-refractivity contribution in [2.45, 2.75) is 45.1 Å².